The van der Waals surface area contributed by atoms with Crippen LogP contribution in [0.25, 0.3) is 0 Å². The lowest BCUT2D eigenvalue weighted by molar-refractivity contribution is -0.0329. The van der Waals surface area contributed by atoms with Gasteiger partial charge in [-0.2, -0.15) is 0 Å². The molecule has 3 rings (SSSR count). The minimum Gasteiger partial charge on any atom is -0.444 e. The van der Waals surface area contributed by atoms with Crippen molar-refractivity contribution in [3.05, 3.63) is 0 Å². The Morgan fingerprint density at radius 1 is 1.40 bits per heavy atom. The molecule has 1 atom stereocenters. The van der Waals surface area contributed by atoms with Gasteiger partial charge < -0.3 is 15.4 Å². The summed E-state index contributed by atoms with van der Waals surface area (Å²) in [6.45, 7) is 6.32. The third-order valence-electron chi connectivity index (χ3n) is 3.23. The fraction of sp³-hybridized carbons (Fsp3) is 0.909. The number of carbonyl (C=O) groups excluding carboxylic acids is 1. The molecule has 2 bridgehead atoms. The standard InChI is InChI=1S/C11H20N2O2/c1-11(2,3)15-10(14)13-6-9(12)7-4-8(13)5-7/h7-9H,4-6,12H2,1-3H3. The first-order valence-electron chi connectivity index (χ1n) is 5.62. The van der Waals surface area contributed by atoms with E-state index in [4.69, 9.17) is 10.5 Å². The Kier molecular flexibility index (Phi) is 2.41. The van der Waals surface area contributed by atoms with E-state index < -0.39 is 5.60 Å². The maximum Gasteiger partial charge on any atom is 0.410 e. The highest BCUT2D eigenvalue weighted by Gasteiger charge is 2.46. The maximum absolute atomic E-state index is 11.8. The van der Waals surface area contributed by atoms with E-state index in [1.807, 2.05) is 20.8 Å². The van der Waals surface area contributed by atoms with Crippen LogP contribution in [0.1, 0.15) is 33.6 Å². The lowest BCUT2D eigenvalue weighted by Crippen LogP contribution is -2.63. The van der Waals surface area contributed by atoms with Crippen molar-refractivity contribution in [1.29, 1.82) is 0 Å². The molecule has 86 valence electrons. The highest BCUT2D eigenvalue weighted by Crippen LogP contribution is 2.39. The van der Waals surface area contributed by atoms with Crippen LogP contribution in [0.5, 0.6) is 0 Å². The first-order chi connectivity index (χ1) is 6.87. The van der Waals surface area contributed by atoms with Gasteiger partial charge in [0.1, 0.15) is 5.60 Å². The van der Waals surface area contributed by atoms with Crippen LogP contribution in [0.2, 0.25) is 0 Å². The molecule has 4 heteroatoms. The monoisotopic (exact) mass is 212 g/mol. The zero-order valence-corrected chi connectivity index (χ0v) is 9.69. The third kappa shape index (κ3) is 2.09. The topological polar surface area (TPSA) is 55.6 Å². The molecule has 15 heavy (non-hydrogen) atoms. The van der Waals surface area contributed by atoms with Crippen LogP contribution in [-0.4, -0.2) is 35.2 Å². The Hall–Kier alpha value is -0.770. The molecule has 1 unspecified atom stereocenters. The van der Waals surface area contributed by atoms with Gasteiger partial charge in [-0.3, -0.25) is 0 Å². The van der Waals surface area contributed by atoms with E-state index in [0.717, 1.165) is 12.8 Å². The Balaban J connectivity index is 1.95. The van der Waals surface area contributed by atoms with E-state index in [9.17, 15) is 4.79 Å². The summed E-state index contributed by atoms with van der Waals surface area (Å²) in [5.74, 6) is 0.633. The van der Waals surface area contributed by atoms with E-state index in [0.29, 0.717) is 18.5 Å². The Labute approximate surface area is 90.8 Å². The number of fused-ring (bicyclic) bond motifs is 2. The van der Waals surface area contributed by atoms with Crippen LogP contribution in [0, 0.1) is 5.92 Å². The average Bonchev–Trinajstić information content (AvgIpc) is 1.97. The SMILES string of the molecule is CC(C)(C)OC(=O)N1CC(N)C2CC1C2. The Morgan fingerprint density at radius 2 is 2.00 bits per heavy atom. The van der Waals surface area contributed by atoms with Gasteiger partial charge >= 0.3 is 6.09 Å². The van der Waals surface area contributed by atoms with Crippen molar-refractivity contribution in [2.24, 2.45) is 11.7 Å². The zero-order valence-electron chi connectivity index (χ0n) is 9.69. The van der Waals surface area contributed by atoms with Crippen molar-refractivity contribution < 1.29 is 9.53 Å². The third-order valence-corrected chi connectivity index (χ3v) is 3.23. The van der Waals surface area contributed by atoms with Gasteiger partial charge in [0, 0.05) is 18.6 Å². The molecular weight excluding hydrogens is 192 g/mol. The maximum atomic E-state index is 11.8. The van der Waals surface area contributed by atoms with Crippen LogP contribution < -0.4 is 5.73 Å². The summed E-state index contributed by atoms with van der Waals surface area (Å²) in [7, 11) is 0. The highest BCUT2D eigenvalue weighted by atomic mass is 16.6. The van der Waals surface area contributed by atoms with E-state index in [-0.39, 0.29) is 12.1 Å². The van der Waals surface area contributed by atoms with Crippen molar-refractivity contribution in [3.8, 4) is 0 Å². The highest BCUT2D eigenvalue weighted by molar-refractivity contribution is 5.69. The quantitative estimate of drug-likeness (QED) is 0.659. The second kappa shape index (κ2) is 3.37. The molecule has 4 nitrogen and oxygen atoms in total. The van der Waals surface area contributed by atoms with E-state index >= 15 is 0 Å². The van der Waals surface area contributed by atoms with Gasteiger partial charge in [0.25, 0.3) is 0 Å². The van der Waals surface area contributed by atoms with Gasteiger partial charge in [-0.25, -0.2) is 4.79 Å². The molecule has 1 saturated carbocycles. The molecule has 2 aliphatic heterocycles. The van der Waals surface area contributed by atoms with Crippen molar-refractivity contribution in [3.63, 3.8) is 0 Å². The van der Waals surface area contributed by atoms with Crippen LogP contribution in [0.3, 0.4) is 0 Å². The molecule has 0 spiro atoms. The van der Waals surface area contributed by atoms with Gasteiger partial charge in [-0.05, 0) is 39.5 Å². The first kappa shape index (κ1) is 10.7. The summed E-state index contributed by atoms with van der Waals surface area (Å²) in [6.07, 6.45) is 1.90. The molecule has 0 aromatic rings. The van der Waals surface area contributed by atoms with E-state index in [1.165, 1.54) is 0 Å². The second-order valence-electron chi connectivity index (χ2n) is 5.68. The molecule has 3 aliphatic rings. The van der Waals surface area contributed by atoms with Crippen LogP contribution in [0.4, 0.5) is 4.79 Å². The number of ether oxygens (including phenoxy) is 1. The molecule has 2 heterocycles. The number of hydrogen-bond acceptors (Lipinski definition) is 3. The molecule has 0 aromatic carbocycles. The number of nitrogens with two attached hydrogens (primary N) is 1. The number of hydrogen-bond donors (Lipinski definition) is 1. The smallest absolute Gasteiger partial charge is 0.410 e. The minimum absolute atomic E-state index is 0.141. The minimum atomic E-state index is -0.415. The number of nitrogens with zero attached hydrogens (tertiary/aromatic N) is 1. The van der Waals surface area contributed by atoms with Gasteiger partial charge in [0.2, 0.25) is 0 Å². The second-order valence-corrected chi connectivity index (χ2v) is 5.68. The molecule has 1 amide bonds. The van der Waals surface area contributed by atoms with Crippen molar-refractivity contribution in [2.75, 3.05) is 6.54 Å². The van der Waals surface area contributed by atoms with Crippen LogP contribution >= 0.6 is 0 Å². The van der Waals surface area contributed by atoms with Crippen molar-refractivity contribution >= 4 is 6.09 Å². The fourth-order valence-electron chi connectivity index (χ4n) is 2.30. The average molecular weight is 212 g/mol. The number of amides is 1. The Morgan fingerprint density at radius 3 is 2.47 bits per heavy atom. The normalized spacial score (nSPS) is 34.7. The van der Waals surface area contributed by atoms with E-state index in [1.54, 1.807) is 4.90 Å². The summed E-state index contributed by atoms with van der Waals surface area (Å²) in [5.41, 5.74) is 5.54. The molecule has 2 saturated heterocycles. The lowest BCUT2D eigenvalue weighted by Gasteiger charge is -2.51. The molecule has 0 aromatic heterocycles. The van der Waals surface area contributed by atoms with Crippen LogP contribution in [0.15, 0.2) is 0 Å². The summed E-state index contributed by atoms with van der Waals surface area (Å²) in [4.78, 5) is 13.6. The lowest BCUT2D eigenvalue weighted by atomic mass is 9.71. The summed E-state index contributed by atoms with van der Waals surface area (Å²) >= 11 is 0. The zero-order chi connectivity index (χ0) is 11.2. The molecule has 1 aliphatic carbocycles. The molecule has 3 fully saturated rings. The number of rotatable bonds is 0. The van der Waals surface area contributed by atoms with Crippen molar-refractivity contribution in [1.82, 2.24) is 4.90 Å². The molecule has 0 radical (unpaired) electrons. The number of piperidine rings is 2. The summed E-state index contributed by atoms with van der Waals surface area (Å²) in [5, 5.41) is 0. The van der Waals surface area contributed by atoms with Gasteiger partial charge in [0.05, 0.1) is 0 Å². The summed E-state index contributed by atoms with van der Waals surface area (Å²) < 4.78 is 5.35. The van der Waals surface area contributed by atoms with Gasteiger partial charge in [-0.15, -0.1) is 0 Å². The predicted octanol–water partition coefficient (Wildman–Crippen LogP) is 1.34. The first-order valence-corrected chi connectivity index (χ1v) is 5.62. The Bertz CT molecular complexity index is 266. The predicted molar refractivity (Wildman–Crippen MR) is 57.4 cm³/mol. The number of carbonyl (C=O) groups is 1. The van der Waals surface area contributed by atoms with Crippen LogP contribution in [-0.2, 0) is 4.74 Å². The summed E-state index contributed by atoms with van der Waals surface area (Å²) in [6, 6.07) is 0.521. The largest absolute Gasteiger partial charge is 0.444 e. The molecule has 2 N–H and O–H groups in total. The fourth-order valence-corrected chi connectivity index (χ4v) is 2.30. The van der Waals surface area contributed by atoms with Gasteiger partial charge in [-0.1, -0.05) is 0 Å². The van der Waals surface area contributed by atoms with E-state index in [2.05, 4.69) is 0 Å². The molecular formula is C11H20N2O2. The van der Waals surface area contributed by atoms with Gasteiger partial charge in [0.15, 0.2) is 0 Å². The van der Waals surface area contributed by atoms with Crippen molar-refractivity contribution in [2.45, 2.75) is 51.3 Å².